The minimum Gasteiger partial charge on any atom is -0.310 e. The Hall–Kier alpha value is -0.830. The van der Waals surface area contributed by atoms with Crippen LogP contribution < -0.4 is 5.32 Å². The predicted molar refractivity (Wildman–Crippen MR) is 81.5 cm³/mol. The van der Waals surface area contributed by atoms with Crippen molar-refractivity contribution >= 4 is 22.9 Å². The normalized spacial score (nSPS) is 11.2. The first kappa shape index (κ1) is 13.6. The molecule has 0 unspecified atom stereocenters. The summed E-state index contributed by atoms with van der Waals surface area (Å²) in [5.41, 5.74) is 3.88. The molecule has 0 fully saturated rings. The van der Waals surface area contributed by atoms with E-state index in [0.717, 1.165) is 11.6 Å². The van der Waals surface area contributed by atoms with Crippen LogP contribution in [-0.4, -0.2) is 6.04 Å². The van der Waals surface area contributed by atoms with Crippen LogP contribution in [-0.2, 0) is 6.54 Å². The Kier molecular flexibility index (Phi) is 4.44. The van der Waals surface area contributed by atoms with Crippen molar-refractivity contribution in [2.24, 2.45) is 0 Å². The lowest BCUT2D eigenvalue weighted by Crippen LogP contribution is -2.22. The zero-order valence-corrected chi connectivity index (χ0v) is 12.5. The average molecular weight is 280 g/mol. The number of benzene rings is 1. The van der Waals surface area contributed by atoms with Gasteiger partial charge in [-0.05, 0) is 47.2 Å². The van der Waals surface area contributed by atoms with Crippen LogP contribution in [0.15, 0.2) is 29.6 Å². The second-order valence-electron chi connectivity index (χ2n) is 4.77. The minimum atomic E-state index is 0.473. The van der Waals surface area contributed by atoms with E-state index < -0.39 is 0 Å². The van der Waals surface area contributed by atoms with Gasteiger partial charge in [-0.25, -0.2) is 0 Å². The van der Waals surface area contributed by atoms with Crippen LogP contribution in [0.1, 0.15) is 25.0 Å². The van der Waals surface area contributed by atoms with E-state index in [1.807, 2.05) is 6.07 Å². The lowest BCUT2D eigenvalue weighted by molar-refractivity contribution is 0.589. The van der Waals surface area contributed by atoms with Crippen LogP contribution in [0.3, 0.4) is 0 Å². The van der Waals surface area contributed by atoms with Gasteiger partial charge in [0, 0.05) is 22.5 Å². The Morgan fingerprint density at radius 1 is 1.28 bits per heavy atom. The molecule has 0 aliphatic rings. The van der Waals surface area contributed by atoms with E-state index in [1.54, 1.807) is 11.3 Å². The van der Waals surface area contributed by atoms with Crippen molar-refractivity contribution in [3.63, 3.8) is 0 Å². The summed E-state index contributed by atoms with van der Waals surface area (Å²) in [4.78, 5) is 1.34. The fraction of sp³-hybridized carbons (Fsp3) is 0.333. The molecule has 1 nitrogen and oxygen atoms in total. The summed E-state index contributed by atoms with van der Waals surface area (Å²) in [5, 5.41) is 6.39. The fourth-order valence-corrected chi connectivity index (χ4v) is 3.08. The second-order valence-corrected chi connectivity index (χ2v) is 6.12. The van der Waals surface area contributed by atoms with Crippen molar-refractivity contribution in [2.75, 3.05) is 0 Å². The van der Waals surface area contributed by atoms with Crippen molar-refractivity contribution < 1.29 is 0 Å². The lowest BCUT2D eigenvalue weighted by Gasteiger charge is -2.13. The van der Waals surface area contributed by atoms with Crippen LogP contribution in [0.2, 0.25) is 5.02 Å². The molecular weight excluding hydrogens is 262 g/mol. The smallest absolute Gasteiger partial charge is 0.0409 e. The summed E-state index contributed by atoms with van der Waals surface area (Å²) in [5.74, 6) is 0. The van der Waals surface area contributed by atoms with Gasteiger partial charge in [0.05, 0.1) is 0 Å². The number of thiophene rings is 1. The first-order chi connectivity index (χ1) is 8.58. The van der Waals surface area contributed by atoms with Gasteiger partial charge in [-0.3, -0.25) is 0 Å². The van der Waals surface area contributed by atoms with Gasteiger partial charge < -0.3 is 5.32 Å². The molecule has 0 radical (unpaired) electrons. The molecule has 0 amide bonds. The van der Waals surface area contributed by atoms with Crippen molar-refractivity contribution in [3.8, 4) is 10.4 Å². The van der Waals surface area contributed by atoms with Crippen molar-refractivity contribution in [1.82, 2.24) is 5.32 Å². The molecule has 1 aromatic carbocycles. The maximum absolute atomic E-state index is 6.11. The van der Waals surface area contributed by atoms with Gasteiger partial charge in [-0.15, -0.1) is 11.3 Å². The average Bonchev–Trinajstić information content (AvgIpc) is 2.73. The van der Waals surface area contributed by atoms with Crippen LogP contribution >= 0.6 is 22.9 Å². The highest BCUT2D eigenvalue weighted by Crippen LogP contribution is 2.33. The summed E-state index contributed by atoms with van der Waals surface area (Å²) in [7, 11) is 0. The summed E-state index contributed by atoms with van der Waals surface area (Å²) in [6.45, 7) is 7.31. The van der Waals surface area contributed by atoms with Crippen LogP contribution in [0.5, 0.6) is 0 Å². The quantitative estimate of drug-likeness (QED) is 0.841. The van der Waals surface area contributed by atoms with Gasteiger partial charge in [-0.1, -0.05) is 31.5 Å². The summed E-state index contributed by atoms with van der Waals surface area (Å²) in [6.07, 6.45) is 0. The van der Waals surface area contributed by atoms with Gasteiger partial charge in [0.15, 0.2) is 0 Å². The molecule has 0 saturated heterocycles. The number of aryl methyl sites for hydroxylation is 1. The molecule has 0 bridgehead atoms. The first-order valence-corrected chi connectivity index (χ1v) is 7.40. The third-order valence-electron chi connectivity index (χ3n) is 2.87. The topological polar surface area (TPSA) is 12.0 Å². The fourth-order valence-electron chi connectivity index (χ4n) is 1.89. The van der Waals surface area contributed by atoms with Crippen LogP contribution in [0, 0.1) is 6.92 Å². The zero-order chi connectivity index (χ0) is 13.1. The standard InChI is InChI=1S/C15H18ClNS/c1-10(2)17-9-12-8-13(16)4-5-14(12)15-11(3)6-7-18-15/h4-8,10,17H,9H2,1-3H3. The van der Waals surface area contributed by atoms with E-state index >= 15 is 0 Å². The molecule has 0 aliphatic carbocycles. The molecule has 1 heterocycles. The van der Waals surface area contributed by atoms with E-state index in [4.69, 9.17) is 11.6 Å². The molecule has 0 saturated carbocycles. The highest BCUT2D eigenvalue weighted by atomic mass is 35.5. The lowest BCUT2D eigenvalue weighted by atomic mass is 10.0. The number of nitrogens with one attached hydrogen (secondary N) is 1. The number of hydrogen-bond donors (Lipinski definition) is 1. The van der Waals surface area contributed by atoms with Gasteiger partial charge in [0.25, 0.3) is 0 Å². The summed E-state index contributed by atoms with van der Waals surface area (Å²) >= 11 is 7.90. The van der Waals surface area contributed by atoms with E-state index in [1.165, 1.54) is 21.6 Å². The van der Waals surface area contributed by atoms with Crippen LogP contribution in [0.25, 0.3) is 10.4 Å². The second kappa shape index (κ2) is 5.87. The third-order valence-corrected chi connectivity index (χ3v) is 4.16. The highest BCUT2D eigenvalue weighted by molar-refractivity contribution is 7.13. The Labute approximate surface area is 118 Å². The van der Waals surface area contributed by atoms with Crippen molar-refractivity contribution in [1.29, 1.82) is 0 Å². The molecular formula is C15H18ClNS. The molecule has 0 spiro atoms. The molecule has 18 heavy (non-hydrogen) atoms. The predicted octanol–water partition coefficient (Wildman–Crippen LogP) is 4.87. The molecule has 2 rings (SSSR count). The monoisotopic (exact) mass is 279 g/mol. The number of halogens is 1. The largest absolute Gasteiger partial charge is 0.310 e. The zero-order valence-electron chi connectivity index (χ0n) is 11.0. The highest BCUT2D eigenvalue weighted by Gasteiger charge is 2.10. The molecule has 96 valence electrons. The van der Waals surface area contributed by atoms with E-state index in [0.29, 0.717) is 6.04 Å². The first-order valence-electron chi connectivity index (χ1n) is 6.14. The van der Waals surface area contributed by atoms with Crippen LogP contribution in [0.4, 0.5) is 0 Å². The minimum absolute atomic E-state index is 0.473. The maximum atomic E-state index is 6.11. The van der Waals surface area contributed by atoms with E-state index in [-0.39, 0.29) is 0 Å². The molecule has 3 heteroatoms. The summed E-state index contributed by atoms with van der Waals surface area (Å²) in [6, 6.07) is 8.79. The maximum Gasteiger partial charge on any atom is 0.0409 e. The Bertz CT molecular complexity index is 531. The van der Waals surface area contributed by atoms with Gasteiger partial charge in [0.1, 0.15) is 0 Å². The number of rotatable bonds is 4. The third kappa shape index (κ3) is 3.14. The van der Waals surface area contributed by atoms with Gasteiger partial charge in [0.2, 0.25) is 0 Å². The molecule has 2 aromatic rings. The van der Waals surface area contributed by atoms with E-state index in [9.17, 15) is 0 Å². The summed E-state index contributed by atoms with van der Waals surface area (Å²) < 4.78 is 0. The SMILES string of the molecule is Cc1ccsc1-c1ccc(Cl)cc1CNC(C)C. The molecule has 1 aromatic heterocycles. The van der Waals surface area contributed by atoms with E-state index in [2.05, 4.69) is 49.7 Å². The molecule has 1 N–H and O–H groups in total. The van der Waals surface area contributed by atoms with Crippen molar-refractivity contribution in [2.45, 2.75) is 33.4 Å². The van der Waals surface area contributed by atoms with Gasteiger partial charge in [-0.2, -0.15) is 0 Å². The molecule has 0 atom stereocenters. The number of hydrogen-bond acceptors (Lipinski definition) is 2. The Balaban J connectivity index is 2.37. The Morgan fingerprint density at radius 2 is 2.06 bits per heavy atom. The van der Waals surface area contributed by atoms with Gasteiger partial charge >= 0.3 is 0 Å². The Morgan fingerprint density at radius 3 is 2.67 bits per heavy atom. The molecule has 0 aliphatic heterocycles. The van der Waals surface area contributed by atoms with Crippen molar-refractivity contribution in [3.05, 3.63) is 45.8 Å².